The molecule has 0 unspecified atom stereocenters. The molecule has 1 aliphatic carbocycles. The van der Waals surface area contributed by atoms with E-state index in [9.17, 15) is 14.7 Å². The van der Waals surface area contributed by atoms with Crippen LogP contribution in [-0.4, -0.2) is 64.4 Å². The Balaban J connectivity index is 1.25. The largest absolute Gasteiger partial charge is 0.508 e. The number of methoxy groups -OCH3 is 1. The molecule has 0 atom stereocenters. The highest BCUT2D eigenvalue weighted by molar-refractivity contribution is 6.20. The molecule has 1 saturated heterocycles. The predicted octanol–water partition coefficient (Wildman–Crippen LogP) is 4.83. The van der Waals surface area contributed by atoms with E-state index in [1.807, 2.05) is 37.8 Å². The van der Waals surface area contributed by atoms with Gasteiger partial charge in [0, 0.05) is 36.2 Å². The van der Waals surface area contributed by atoms with E-state index in [1.54, 1.807) is 24.3 Å². The highest BCUT2D eigenvalue weighted by atomic mass is 16.5. The molecule has 3 aliphatic heterocycles. The lowest BCUT2D eigenvalue weighted by Gasteiger charge is -2.35. The number of fused-ring (bicyclic) bond motifs is 1. The maximum atomic E-state index is 13.7. The van der Waals surface area contributed by atoms with Crippen molar-refractivity contribution in [3.8, 4) is 17.2 Å². The number of aromatic hydroxyl groups is 1. The van der Waals surface area contributed by atoms with Crippen molar-refractivity contribution < 1.29 is 24.2 Å². The third-order valence-corrected chi connectivity index (χ3v) is 9.12. The zero-order valence-electron chi connectivity index (χ0n) is 23.2. The van der Waals surface area contributed by atoms with Gasteiger partial charge >= 0.3 is 0 Å². The van der Waals surface area contributed by atoms with Crippen LogP contribution >= 0.6 is 0 Å². The van der Waals surface area contributed by atoms with Crippen molar-refractivity contribution in [2.24, 2.45) is 10.5 Å². The van der Waals surface area contributed by atoms with E-state index in [4.69, 9.17) is 14.6 Å². The number of rotatable bonds is 4. The Hall–Kier alpha value is -3.55. The monoisotopic (exact) mass is 531 g/mol. The summed E-state index contributed by atoms with van der Waals surface area (Å²) >= 11 is 0. The highest BCUT2D eigenvalue weighted by Gasteiger charge is 2.50. The van der Waals surface area contributed by atoms with Gasteiger partial charge in [-0.1, -0.05) is 6.07 Å². The molecule has 39 heavy (non-hydrogen) atoms. The van der Waals surface area contributed by atoms with Gasteiger partial charge in [0.25, 0.3) is 11.8 Å². The minimum atomic E-state index is -0.778. The molecular weight excluding hydrogens is 494 g/mol. The number of likely N-dealkylation sites (tertiary alicyclic amines) is 1. The third-order valence-electron chi connectivity index (χ3n) is 9.12. The van der Waals surface area contributed by atoms with Gasteiger partial charge in [-0.3, -0.25) is 9.59 Å². The summed E-state index contributed by atoms with van der Waals surface area (Å²) in [5, 5.41) is 16.5. The Labute approximate surface area is 229 Å². The molecule has 1 N–H and O–H groups in total. The van der Waals surface area contributed by atoms with Crippen LogP contribution in [0.4, 0.5) is 0 Å². The Kier molecular flexibility index (Phi) is 6.12. The van der Waals surface area contributed by atoms with Gasteiger partial charge in [-0.2, -0.15) is 5.10 Å². The number of carbonyl (C=O) groups excluding carboxylic acids is 2. The lowest BCUT2D eigenvalue weighted by Crippen LogP contribution is -2.47. The van der Waals surface area contributed by atoms with Crippen molar-refractivity contribution in [3.05, 3.63) is 52.6 Å². The fourth-order valence-corrected chi connectivity index (χ4v) is 6.78. The van der Waals surface area contributed by atoms with E-state index in [2.05, 4.69) is 0 Å². The Morgan fingerprint density at radius 2 is 1.85 bits per heavy atom. The van der Waals surface area contributed by atoms with Crippen LogP contribution in [0.3, 0.4) is 0 Å². The molecule has 1 saturated carbocycles. The number of ether oxygens (including phenoxy) is 2. The van der Waals surface area contributed by atoms with Gasteiger partial charge in [0.1, 0.15) is 11.4 Å². The summed E-state index contributed by atoms with van der Waals surface area (Å²) < 4.78 is 12.2. The first-order valence-electron chi connectivity index (χ1n) is 14.0. The maximum absolute atomic E-state index is 13.7. The van der Waals surface area contributed by atoms with Gasteiger partial charge in [0.05, 0.1) is 24.3 Å². The van der Waals surface area contributed by atoms with Crippen LogP contribution in [0.2, 0.25) is 0 Å². The molecule has 1 spiro atoms. The van der Waals surface area contributed by atoms with Crippen LogP contribution in [0, 0.1) is 12.3 Å². The number of amides is 2. The SMILES string of the molecule is COc1ccc(C2=NN(C3CCN(C(=O)c4cc(O)ccc4C)CC3)C(=O)C2(C)C)c2c1OC1(CCCC1)C2. The van der Waals surface area contributed by atoms with E-state index in [1.165, 1.54) is 6.07 Å². The molecule has 2 aromatic carbocycles. The van der Waals surface area contributed by atoms with Gasteiger partial charge in [-0.15, -0.1) is 0 Å². The molecule has 6 rings (SSSR count). The predicted molar refractivity (Wildman–Crippen MR) is 147 cm³/mol. The highest BCUT2D eigenvalue weighted by Crippen LogP contribution is 2.51. The molecule has 3 heterocycles. The maximum Gasteiger partial charge on any atom is 0.254 e. The molecular formula is C31H37N3O5. The van der Waals surface area contributed by atoms with Gasteiger partial charge in [0.2, 0.25) is 0 Å². The summed E-state index contributed by atoms with van der Waals surface area (Å²) in [6.07, 6.45) is 6.50. The van der Waals surface area contributed by atoms with E-state index < -0.39 is 5.41 Å². The van der Waals surface area contributed by atoms with Crippen LogP contribution in [0.5, 0.6) is 17.2 Å². The molecule has 0 bridgehead atoms. The second kappa shape index (κ2) is 9.28. The summed E-state index contributed by atoms with van der Waals surface area (Å²) in [7, 11) is 1.67. The molecule has 2 aromatic rings. The first kappa shape index (κ1) is 25.7. The normalized spacial score (nSPS) is 21.7. The average molecular weight is 532 g/mol. The van der Waals surface area contributed by atoms with Crippen LogP contribution < -0.4 is 9.47 Å². The average Bonchev–Trinajstić information content (AvgIpc) is 3.61. The lowest BCUT2D eigenvalue weighted by molar-refractivity contribution is -0.137. The lowest BCUT2D eigenvalue weighted by atomic mass is 9.80. The van der Waals surface area contributed by atoms with Crippen LogP contribution in [0.15, 0.2) is 35.4 Å². The van der Waals surface area contributed by atoms with E-state index in [-0.39, 0.29) is 29.2 Å². The van der Waals surface area contributed by atoms with Crippen LogP contribution in [-0.2, 0) is 11.2 Å². The number of hydrogen-bond acceptors (Lipinski definition) is 6. The van der Waals surface area contributed by atoms with Crippen molar-refractivity contribution in [3.63, 3.8) is 0 Å². The summed E-state index contributed by atoms with van der Waals surface area (Å²) in [5.41, 5.74) is 3.25. The number of hydrazone groups is 1. The van der Waals surface area contributed by atoms with Crippen LogP contribution in [0.1, 0.15) is 79.4 Å². The standard InChI is InChI=1S/C31H37N3O5/c1-19-7-8-21(35)17-23(19)28(36)33-15-11-20(12-16-33)34-29(37)30(2,3)27(32-34)22-9-10-25(38-4)26-24(22)18-31(39-26)13-5-6-14-31/h7-10,17,20,35H,5-6,11-16,18H2,1-4H3. The number of aryl methyl sites for hydroxylation is 1. The Bertz CT molecular complexity index is 1370. The first-order chi connectivity index (χ1) is 18.6. The third kappa shape index (κ3) is 4.15. The van der Waals surface area contributed by atoms with E-state index in [0.29, 0.717) is 31.5 Å². The minimum Gasteiger partial charge on any atom is -0.508 e. The van der Waals surface area contributed by atoms with E-state index >= 15 is 0 Å². The van der Waals surface area contributed by atoms with Crippen molar-refractivity contribution in [2.75, 3.05) is 20.2 Å². The van der Waals surface area contributed by atoms with Crippen molar-refractivity contribution in [1.82, 2.24) is 9.91 Å². The van der Waals surface area contributed by atoms with Crippen molar-refractivity contribution in [1.29, 1.82) is 0 Å². The topological polar surface area (TPSA) is 91.7 Å². The smallest absolute Gasteiger partial charge is 0.254 e. The number of phenolic OH excluding ortho intramolecular Hbond substituents is 1. The van der Waals surface area contributed by atoms with Crippen LogP contribution in [0.25, 0.3) is 0 Å². The zero-order chi connectivity index (χ0) is 27.5. The number of carbonyl (C=O) groups is 2. The van der Waals surface area contributed by atoms with E-state index in [0.717, 1.165) is 66.0 Å². The molecule has 8 nitrogen and oxygen atoms in total. The number of piperidine rings is 1. The molecule has 206 valence electrons. The molecule has 8 heteroatoms. The van der Waals surface area contributed by atoms with Gasteiger partial charge < -0.3 is 19.5 Å². The number of benzene rings is 2. The molecule has 2 amide bonds. The Morgan fingerprint density at radius 1 is 1.13 bits per heavy atom. The van der Waals surface area contributed by atoms with Gasteiger partial charge in [-0.05, 0) is 89.1 Å². The molecule has 4 aliphatic rings. The second-order valence-corrected chi connectivity index (χ2v) is 12.0. The Morgan fingerprint density at radius 3 is 2.54 bits per heavy atom. The molecule has 0 radical (unpaired) electrons. The summed E-state index contributed by atoms with van der Waals surface area (Å²) in [4.78, 5) is 28.7. The fourth-order valence-electron chi connectivity index (χ4n) is 6.78. The zero-order valence-corrected chi connectivity index (χ0v) is 23.2. The number of hydrogen-bond donors (Lipinski definition) is 1. The van der Waals surface area contributed by atoms with Crippen molar-refractivity contribution >= 4 is 17.5 Å². The molecule has 2 fully saturated rings. The van der Waals surface area contributed by atoms with Gasteiger partial charge in [-0.25, -0.2) is 5.01 Å². The van der Waals surface area contributed by atoms with Gasteiger partial charge in [0.15, 0.2) is 11.5 Å². The molecule has 0 aromatic heterocycles. The fraction of sp³-hybridized carbons (Fsp3) is 0.516. The number of nitrogens with zero attached hydrogens (tertiary/aromatic N) is 3. The summed E-state index contributed by atoms with van der Waals surface area (Å²) in [5.74, 6) is 1.52. The quantitative estimate of drug-likeness (QED) is 0.610. The summed E-state index contributed by atoms with van der Waals surface area (Å²) in [6, 6.07) is 8.76. The number of phenols is 1. The minimum absolute atomic E-state index is 0.00911. The second-order valence-electron chi connectivity index (χ2n) is 12.0. The summed E-state index contributed by atoms with van der Waals surface area (Å²) in [6.45, 7) is 6.84. The first-order valence-corrected chi connectivity index (χ1v) is 14.0. The van der Waals surface area contributed by atoms with Crippen molar-refractivity contribution in [2.45, 2.75) is 77.4 Å².